The van der Waals surface area contributed by atoms with Gasteiger partial charge in [0, 0.05) is 12.8 Å². The minimum absolute atomic E-state index is 0.0303. The van der Waals surface area contributed by atoms with Crippen LogP contribution in [0.2, 0.25) is 0 Å². The molecule has 9 nitrogen and oxygen atoms in total. The van der Waals surface area contributed by atoms with Gasteiger partial charge in [0.25, 0.3) is 0 Å². The van der Waals surface area contributed by atoms with Crippen LogP contribution in [0.4, 0.5) is 0 Å². The van der Waals surface area contributed by atoms with Crippen LogP contribution in [-0.4, -0.2) is 74.3 Å². The molecule has 3 unspecified atom stereocenters. The van der Waals surface area contributed by atoms with E-state index in [0.717, 1.165) is 64.2 Å². The number of quaternary nitrogens is 1. The Labute approximate surface area is 464 Å². The Morgan fingerprint density at radius 3 is 1.27 bits per heavy atom. The van der Waals surface area contributed by atoms with E-state index >= 15 is 0 Å². The second-order valence-corrected chi connectivity index (χ2v) is 24.0. The van der Waals surface area contributed by atoms with E-state index < -0.39 is 20.0 Å². The van der Waals surface area contributed by atoms with Crippen molar-refractivity contribution in [2.75, 3.05) is 40.9 Å². The Bertz CT molecular complexity index is 1470. The minimum atomic E-state index is -4.46. The maximum atomic E-state index is 13.5. The Morgan fingerprint density at radius 2 is 0.827 bits per heavy atom. The summed E-state index contributed by atoms with van der Waals surface area (Å²) in [4.78, 5) is 37.7. The maximum absolute atomic E-state index is 13.5. The summed E-state index contributed by atoms with van der Waals surface area (Å²) in [5.41, 5.74) is 0. The first-order chi connectivity index (χ1) is 36.4. The SMILES string of the molecule is CCCCC/C=C\C/C=C\C/C=C\C/C=C\CCCC(=O)NC(COP(=O)(O)OCC[N+](C)(C)C)C(/C=C/CCCCCCCCCCCCC)OC(=O)CCCCCCCCCCCCCCCCCCCCC. The van der Waals surface area contributed by atoms with E-state index in [9.17, 15) is 19.0 Å². The number of ether oxygens (including phenoxy) is 1. The van der Waals surface area contributed by atoms with Crippen molar-refractivity contribution in [1.82, 2.24) is 5.32 Å². The van der Waals surface area contributed by atoms with Crippen molar-refractivity contribution in [3.05, 3.63) is 60.8 Å². The highest BCUT2D eigenvalue weighted by Gasteiger charge is 2.30. The zero-order valence-electron chi connectivity index (χ0n) is 50.0. The molecule has 75 heavy (non-hydrogen) atoms. The zero-order valence-corrected chi connectivity index (χ0v) is 50.9. The third-order valence-electron chi connectivity index (χ3n) is 14.0. The van der Waals surface area contributed by atoms with E-state index in [1.165, 1.54) is 186 Å². The smallest absolute Gasteiger partial charge is 0.456 e. The predicted molar refractivity (Wildman–Crippen MR) is 323 cm³/mol. The molecule has 10 heteroatoms. The molecule has 0 rings (SSSR count). The lowest BCUT2D eigenvalue weighted by Gasteiger charge is -2.27. The van der Waals surface area contributed by atoms with Crippen LogP contribution in [-0.2, 0) is 27.9 Å². The highest BCUT2D eigenvalue weighted by atomic mass is 31.2. The number of carbonyl (C=O) groups is 2. The predicted octanol–water partition coefficient (Wildman–Crippen LogP) is 19.4. The van der Waals surface area contributed by atoms with Crippen molar-refractivity contribution >= 4 is 19.7 Å². The van der Waals surface area contributed by atoms with Gasteiger partial charge in [-0.15, -0.1) is 0 Å². The largest absolute Gasteiger partial charge is 0.472 e. The molecule has 0 aromatic carbocycles. The molecule has 0 radical (unpaired) electrons. The van der Waals surface area contributed by atoms with Crippen LogP contribution in [0.3, 0.4) is 0 Å². The van der Waals surface area contributed by atoms with Crippen molar-refractivity contribution in [1.29, 1.82) is 0 Å². The normalized spacial score (nSPS) is 14.1. The summed E-state index contributed by atoms with van der Waals surface area (Å²) in [7, 11) is 1.47. The molecular formula is C65H122N2O7P+. The number of hydrogen-bond donors (Lipinski definition) is 2. The molecule has 0 saturated carbocycles. The summed E-state index contributed by atoms with van der Waals surface area (Å²) >= 11 is 0. The van der Waals surface area contributed by atoms with Crippen molar-refractivity contribution in [2.45, 2.75) is 303 Å². The van der Waals surface area contributed by atoms with E-state index in [2.05, 4.69) is 74.7 Å². The lowest BCUT2D eigenvalue weighted by atomic mass is 10.0. The van der Waals surface area contributed by atoms with Crippen molar-refractivity contribution in [2.24, 2.45) is 0 Å². The Kier molecular flexibility index (Phi) is 53.4. The first kappa shape index (κ1) is 72.7. The molecule has 2 N–H and O–H groups in total. The summed E-state index contributed by atoms with van der Waals surface area (Å²) in [5, 5.41) is 3.03. The molecule has 3 atom stereocenters. The van der Waals surface area contributed by atoms with Crippen LogP contribution in [0.25, 0.3) is 0 Å². The van der Waals surface area contributed by atoms with Gasteiger partial charge in [0.15, 0.2) is 0 Å². The maximum Gasteiger partial charge on any atom is 0.472 e. The minimum Gasteiger partial charge on any atom is -0.456 e. The van der Waals surface area contributed by atoms with Gasteiger partial charge in [0.1, 0.15) is 19.3 Å². The number of likely N-dealkylation sites (N-methyl/N-ethyl adjacent to an activating group) is 1. The van der Waals surface area contributed by atoms with E-state index in [1.54, 1.807) is 0 Å². The van der Waals surface area contributed by atoms with Crippen molar-refractivity contribution in [3.63, 3.8) is 0 Å². The number of unbranched alkanes of at least 4 members (excludes halogenated alkanes) is 33. The van der Waals surface area contributed by atoms with Crippen LogP contribution >= 0.6 is 7.82 Å². The number of carbonyl (C=O) groups excluding carboxylic acids is 2. The summed E-state index contributed by atoms with van der Waals surface area (Å²) in [5.74, 6) is -0.561. The van der Waals surface area contributed by atoms with E-state index in [4.69, 9.17) is 13.8 Å². The average molecular weight is 1070 g/mol. The Hall–Kier alpha value is -2.29. The number of hydrogen-bond acceptors (Lipinski definition) is 6. The lowest BCUT2D eigenvalue weighted by Crippen LogP contribution is -2.47. The fourth-order valence-corrected chi connectivity index (χ4v) is 9.79. The molecule has 0 heterocycles. The van der Waals surface area contributed by atoms with Crippen molar-refractivity contribution < 1.29 is 37.3 Å². The highest BCUT2D eigenvalue weighted by molar-refractivity contribution is 7.47. The van der Waals surface area contributed by atoms with Gasteiger partial charge >= 0.3 is 13.8 Å². The fourth-order valence-electron chi connectivity index (χ4n) is 9.05. The molecule has 0 aliphatic rings. The van der Waals surface area contributed by atoms with Gasteiger partial charge in [0.2, 0.25) is 5.91 Å². The molecule has 438 valence electrons. The van der Waals surface area contributed by atoms with Crippen LogP contribution < -0.4 is 5.32 Å². The first-order valence-electron chi connectivity index (χ1n) is 31.6. The molecule has 0 spiro atoms. The number of rotatable bonds is 57. The molecule has 1 amide bonds. The standard InChI is InChI=1S/C65H121N2O7P/c1-7-10-13-16-19-22-25-28-30-32-33-35-37-40-43-46-49-52-55-58-65(69)74-63(56-53-50-47-44-41-38-27-24-21-18-15-12-9-3)62(61-73-75(70,71)72-60-59-67(4,5)6)66-64(68)57-54-51-48-45-42-39-36-34-31-29-26-23-20-17-14-11-8-2/h20,23,29,31,36,39,45,48,53,56,62-63H,7-19,21-22,24-28,30,32-35,37-38,40-44,46-47,49-52,54-55,57-61H2,1-6H3,(H-,66,68,70,71)/p+1/b23-20-,31-29-,39-36-,48-45-,56-53+. The average Bonchev–Trinajstić information content (AvgIpc) is 3.37. The fraction of sp³-hybridized carbons (Fsp3) is 0.815. The third-order valence-corrected chi connectivity index (χ3v) is 14.9. The number of phosphoric ester groups is 1. The molecule has 0 aliphatic heterocycles. The molecule has 0 aromatic rings. The molecule has 0 bridgehead atoms. The summed E-state index contributed by atoms with van der Waals surface area (Å²) in [6, 6.07) is -0.876. The van der Waals surface area contributed by atoms with E-state index in [1.807, 2.05) is 33.3 Å². The quantitative estimate of drug-likeness (QED) is 0.0205. The molecule has 0 fully saturated rings. The number of nitrogens with zero attached hydrogens (tertiary/aromatic N) is 1. The number of allylic oxidation sites excluding steroid dienone is 9. The number of esters is 1. The first-order valence-corrected chi connectivity index (χ1v) is 33.1. The monoisotopic (exact) mass is 1070 g/mol. The summed E-state index contributed by atoms with van der Waals surface area (Å²) in [6.07, 6.45) is 69.4. The second-order valence-electron chi connectivity index (χ2n) is 22.6. The molecule has 0 aromatic heterocycles. The second kappa shape index (κ2) is 55.0. The van der Waals surface area contributed by atoms with Crippen LogP contribution in [0, 0.1) is 0 Å². The van der Waals surface area contributed by atoms with Gasteiger partial charge in [-0.1, -0.05) is 268 Å². The molecule has 0 aliphatic carbocycles. The third kappa shape index (κ3) is 56.2. The van der Waals surface area contributed by atoms with E-state index in [0.29, 0.717) is 17.4 Å². The van der Waals surface area contributed by atoms with Crippen molar-refractivity contribution in [3.8, 4) is 0 Å². The van der Waals surface area contributed by atoms with Crippen LogP contribution in [0.5, 0.6) is 0 Å². The zero-order chi connectivity index (χ0) is 55.0. The Balaban J connectivity index is 5.33. The van der Waals surface area contributed by atoms with Gasteiger partial charge in [0.05, 0.1) is 33.8 Å². The highest BCUT2D eigenvalue weighted by Crippen LogP contribution is 2.43. The Morgan fingerprint density at radius 1 is 0.467 bits per heavy atom. The van der Waals surface area contributed by atoms with E-state index in [-0.39, 0.29) is 37.9 Å². The molecular weight excluding hydrogens is 952 g/mol. The lowest BCUT2D eigenvalue weighted by molar-refractivity contribution is -0.870. The van der Waals surface area contributed by atoms with Gasteiger partial charge in [-0.05, 0) is 70.3 Å². The summed E-state index contributed by atoms with van der Waals surface area (Å²) < 4.78 is 30.7. The number of phosphoric acid groups is 1. The molecule has 0 saturated heterocycles. The topological polar surface area (TPSA) is 111 Å². The summed E-state index contributed by atoms with van der Waals surface area (Å²) in [6.45, 7) is 6.97. The number of amides is 1. The van der Waals surface area contributed by atoms with Crippen LogP contribution in [0.15, 0.2) is 60.8 Å². The van der Waals surface area contributed by atoms with Gasteiger partial charge in [-0.3, -0.25) is 18.6 Å². The van der Waals surface area contributed by atoms with Crippen LogP contribution in [0.1, 0.15) is 290 Å². The van der Waals surface area contributed by atoms with Gasteiger partial charge in [-0.25, -0.2) is 4.57 Å². The number of nitrogens with one attached hydrogen (secondary N) is 1. The van der Waals surface area contributed by atoms with Gasteiger partial charge < -0.3 is 19.4 Å². The van der Waals surface area contributed by atoms with Gasteiger partial charge in [-0.2, -0.15) is 0 Å².